The molecule has 0 amide bonds. The minimum absolute atomic E-state index is 0.293. The highest BCUT2D eigenvalue weighted by Crippen LogP contribution is 2.39. The summed E-state index contributed by atoms with van der Waals surface area (Å²) in [5.41, 5.74) is 4.32. The topological polar surface area (TPSA) is 0 Å². The molecule has 1 fully saturated rings. The molecule has 0 bridgehead atoms. The van der Waals surface area contributed by atoms with Crippen molar-refractivity contribution in [1.82, 2.24) is 0 Å². The first-order valence-corrected chi connectivity index (χ1v) is 12.7. The van der Waals surface area contributed by atoms with E-state index >= 15 is 0 Å². The van der Waals surface area contributed by atoms with Gasteiger partial charge >= 0.3 is 0 Å². The lowest BCUT2D eigenvalue weighted by Crippen LogP contribution is -2.16. The third-order valence-electron chi connectivity index (χ3n) is 7.95. The summed E-state index contributed by atoms with van der Waals surface area (Å²) >= 11 is 0. The molecule has 0 nitrogen and oxygen atoms in total. The first-order chi connectivity index (χ1) is 15.2. The summed E-state index contributed by atoms with van der Waals surface area (Å²) in [4.78, 5) is 0. The zero-order valence-corrected chi connectivity index (χ0v) is 19.1. The van der Waals surface area contributed by atoms with Crippen molar-refractivity contribution in [2.45, 2.75) is 102 Å². The number of aryl methyl sites for hydroxylation is 1. The molecule has 1 atom stereocenters. The van der Waals surface area contributed by atoms with Gasteiger partial charge in [-0.25, -0.2) is 8.78 Å². The largest absolute Gasteiger partial charge is 0.204 e. The monoisotopic (exact) mass is 424 g/mol. The van der Waals surface area contributed by atoms with Crippen molar-refractivity contribution >= 4 is 0 Å². The Morgan fingerprint density at radius 2 is 1.42 bits per heavy atom. The second-order valence-corrected chi connectivity index (χ2v) is 10.0. The summed E-state index contributed by atoms with van der Waals surface area (Å²) in [6.45, 7) is 2.28. The maximum absolute atomic E-state index is 14.3. The average Bonchev–Trinajstić information content (AvgIpc) is 2.82. The summed E-state index contributed by atoms with van der Waals surface area (Å²) in [7, 11) is 0. The molecule has 2 aliphatic rings. The first-order valence-electron chi connectivity index (χ1n) is 12.7. The van der Waals surface area contributed by atoms with Crippen LogP contribution >= 0.6 is 0 Å². The Hall–Kier alpha value is -1.70. The third kappa shape index (κ3) is 5.57. The quantitative estimate of drug-likeness (QED) is 0.371. The lowest BCUT2D eigenvalue weighted by atomic mass is 9.76. The molecule has 31 heavy (non-hydrogen) atoms. The van der Waals surface area contributed by atoms with E-state index in [1.54, 1.807) is 6.07 Å². The van der Waals surface area contributed by atoms with Gasteiger partial charge in [-0.3, -0.25) is 0 Å². The smallest absolute Gasteiger partial charge is 0.162 e. The van der Waals surface area contributed by atoms with E-state index in [0.717, 1.165) is 24.3 Å². The third-order valence-corrected chi connectivity index (χ3v) is 7.95. The van der Waals surface area contributed by atoms with Crippen molar-refractivity contribution < 1.29 is 8.78 Å². The minimum Gasteiger partial charge on any atom is -0.204 e. The minimum atomic E-state index is -0.716. The molecule has 0 saturated heterocycles. The molecular formula is C29H38F2. The maximum Gasteiger partial charge on any atom is 0.162 e. The van der Waals surface area contributed by atoms with E-state index in [4.69, 9.17) is 0 Å². The van der Waals surface area contributed by atoms with E-state index in [0.29, 0.717) is 23.8 Å². The van der Waals surface area contributed by atoms with Gasteiger partial charge in [0.2, 0.25) is 0 Å². The van der Waals surface area contributed by atoms with Crippen molar-refractivity contribution in [1.29, 1.82) is 0 Å². The molecule has 0 radical (unpaired) electrons. The van der Waals surface area contributed by atoms with Crippen LogP contribution in [-0.2, 0) is 12.8 Å². The van der Waals surface area contributed by atoms with Gasteiger partial charge in [0.1, 0.15) is 0 Å². The van der Waals surface area contributed by atoms with Crippen molar-refractivity contribution in [3.8, 4) is 0 Å². The lowest BCUT2D eigenvalue weighted by Gasteiger charge is -2.29. The Morgan fingerprint density at radius 3 is 2.13 bits per heavy atom. The number of hydrogen-bond acceptors (Lipinski definition) is 0. The summed E-state index contributed by atoms with van der Waals surface area (Å²) in [5, 5.41) is 0. The van der Waals surface area contributed by atoms with Gasteiger partial charge in [-0.15, -0.1) is 0 Å². The maximum atomic E-state index is 14.3. The second kappa shape index (κ2) is 10.7. The van der Waals surface area contributed by atoms with Crippen LogP contribution in [0.3, 0.4) is 0 Å². The van der Waals surface area contributed by atoms with E-state index in [2.05, 4.69) is 31.2 Å². The summed E-state index contributed by atoms with van der Waals surface area (Å²) in [5.74, 6) is 0.576. The molecule has 2 aromatic rings. The average molecular weight is 425 g/mol. The number of benzene rings is 2. The molecule has 1 unspecified atom stereocenters. The summed E-state index contributed by atoms with van der Waals surface area (Å²) < 4.78 is 27.9. The van der Waals surface area contributed by atoms with E-state index < -0.39 is 11.6 Å². The molecule has 2 heteroatoms. The molecule has 2 aromatic carbocycles. The molecule has 0 N–H and O–H groups in total. The standard InChI is InChI=1S/C29H38F2/c1-2-3-4-5-6-7-21-8-10-22(11-9-21)23-12-14-24(15-13-23)26-17-16-25-18-19-28(30)29(31)27(25)20-26/h12-15,18-19,21-22,26H,2-11,16-17,20H2,1H3. The van der Waals surface area contributed by atoms with E-state index in [1.165, 1.54) is 81.4 Å². The highest BCUT2D eigenvalue weighted by atomic mass is 19.2. The van der Waals surface area contributed by atoms with Crippen molar-refractivity contribution in [2.24, 2.45) is 5.92 Å². The molecule has 0 aromatic heterocycles. The normalized spacial score (nSPS) is 23.5. The lowest BCUT2D eigenvalue weighted by molar-refractivity contribution is 0.302. The van der Waals surface area contributed by atoms with Gasteiger partial charge in [0.15, 0.2) is 11.6 Å². The van der Waals surface area contributed by atoms with Crippen molar-refractivity contribution in [2.75, 3.05) is 0 Å². The highest BCUT2D eigenvalue weighted by Gasteiger charge is 2.25. The highest BCUT2D eigenvalue weighted by molar-refractivity contribution is 5.36. The van der Waals surface area contributed by atoms with Crippen LogP contribution in [0.4, 0.5) is 8.78 Å². The SMILES string of the molecule is CCCCCCCC1CCC(c2ccc(C3CCc4ccc(F)c(F)c4C3)cc2)CC1. The Labute approximate surface area is 187 Å². The fourth-order valence-corrected chi connectivity index (χ4v) is 5.91. The number of halogens is 2. The molecule has 1 saturated carbocycles. The van der Waals surface area contributed by atoms with Gasteiger partial charge in [-0.2, -0.15) is 0 Å². The number of rotatable bonds is 8. The van der Waals surface area contributed by atoms with Gasteiger partial charge in [0.25, 0.3) is 0 Å². The second-order valence-electron chi connectivity index (χ2n) is 10.0. The van der Waals surface area contributed by atoms with Crippen LogP contribution < -0.4 is 0 Å². The zero-order valence-electron chi connectivity index (χ0n) is 19.1. The zero-order chi connectivity index (χ0) is 21.6. The van der Waals surface area contributed by atoms with E-state index in [-0.39, 0.29) is 0 Å². The first kappa shape index (κ1) is 22.5. The van der Waals surface area contributed by atoms with Crippen LogP contribution in [0.15, 0.2) is 36.4 Å². The summed E-state index contributed by atoms with van der Waals surface area (Å²) in [6, 6.07) is 12.1. The number of unbranched alkanes of at least 4 members (excludes halogenated alkanes) is 4. The number of fused-ring (bicyclic) bond motifs is 1. The van der Waals surface area contributed by atoms with Gasteiger partial charge in [0.05, 0.1) is 0 Å². The van der Waals surface area contributed by atoms with Gasteiger partial charge in [0, 0.05) is 0 Å². The van der Waals surface area contributed by atoms with Crippen LogP contribution in [0.5, 0.6) is 0 Å². The number of hydrogen-bond donors (Lipinski definition) is 0. The van der Waals surface area contributed by atoms with E-state index in [9.17, 15) is 8.78 Å². The van der Waals surface area contributed by atoms with Crippen LogP contribution in [-0.4, -0.2) is 0 Å². The molecule has 2 aliphatic carbocycles. The molecule has 0 aliphatic heterocycles. The summed E-state index contributed by atoms with van der Waals surface area (Å²) in [6.07, 6.45) is 16.2. The molecule has 0 spiro atoms. The van der Waals surface area contributed by atoms with E-state index in [1.807, 2.05) is 0 Å². The predicted molar refractivity (Wildman–Crippen MR) is 126 cm³/mol. The molecule has 4 rings (SSSR count). The fraction of sp³-hybridized carbons (Fsp3) is 0.586. The Balaban J connectivity index is 1.29. The predicted octanol–water partition coefficient (Wildman–Crippen LogP) is 8.87. The van der Waals surface area contributed by atoms with Crippen LogP contribution in [0.2, 0.25) is 0 Å². The Kier molecular flexibility index (Phi) is 7.80. The van der Waals surface area contributed by atoms with Crippen molar-refractivity contribution in [3.63, 3.8) is 0 Å². The molecular weight excluding hydrogens is 386 g/mol. The Bertz CT molecular complexity index is 831. The van der Waals surface area contributed by atoms with Crippen LogP contribution in [0.25, 0.3) is 0 Å². The van der Waals surface area contributed by atoms with Crippen LogP contribution in [0.1, 0.15) is 112 Å². The fourth-order valence-electron chi connectivity index (χ4n) is 5.91. The van der Waals surface area contributed by atoms with Gasteiger partial charge in [-0.05, 0) is 91.0 Å². The molecule has 0 heterocycles. The van der Waals surface area contributed by atoms with Crippen molar-refractivity contribution in [3.05, 3.63) is 70.3 Å². The van der Waals surface area contributed by atoms with Gasteiger partial charge < -0.3 is 0 Å². The Morgan fingerprint density at radius 1 is 0.742 bits per heavy atom. The van der Waals surface area contributed by atoms with Crippen LogP contribution in [0, 0.1) is 17.6 Å². The van der Waals surface area contributed by atoms with Gasteiger partial charge in [-0.1, -0.05) is 75.8 Å². The molecule has 168 valence electrons.